The van der Waals surface area contributed by atoms with E-state index in [1.165, 1.54) is 18.4 Å². The third kappa shape index (κ3) is 6.36. The summed E-state index contributed by atoms with van der Waals surface area (Å²) in [6.07, 6.45) is 13.0. The number of aromatic nitrogens is 2. The van der Waals surface area contributed by atoms with Gasteiger partial charge in [0.25, 0.3) is 0 Å². The maximum atomic E-state index is 14.1. The number of methoxy groups -OCH3 is 1. The molecule has 1 aromatic heterocycles. The van der Waals surface area contributed by atoms with Crippen LogP contribution >= 0.6 is 11.6 Å². The van der Waals surface area contributed by atoms with Gasteiger partial charge in [0.2, 0.25) is 5.91 Å². The molecule has 3 aromatic rings. The lowest BCUT2D eigenvalue weighted by Crippen LogP contribution is -2.41. The van der Waals surface area contributed by atoms with Crippen molar-refractivity contribution in [2.24, 2.45) is 17.8 Å². The number of benzene rings is 2. The van der Waals surface area contributed by atoms with Crippen molar-refractivity contribution < 1.29 is 19.4 Å². The van der Waals surface area contributed by atoms with Gasteiger partial charge in [-0.05, 0) is 111 Å². The highest BCUT2D eigenvalue weighted by Gasteiger charge is 2.34. The van der Waals surface area contributed by atoms with Gasteiger partial charge in [0.1, 0.15) is 5.75 Å². The molecule has 8 heteroatoms. The zero-order valence-corrected chi connectivity index (χ0v) is 25.0. The first-order valence-electron chi connectivity index (χ1n) is 15.4. The molecule has 3 fully saturated rings. The molecule has 42 heavy (non-hydrogen) atoms. The molecule has 0 saturated heterocycles. The molecular weight excluding hydrogens is 550 g/mol. The molecule has 222 valence electrons. The van der Waals surface area contributed by atoms with E-state index in [0.717, 1.165) is 42.5 Å². The van der Waals surface area contributed by atoms with Crippen LogP contribution in [0.2, 0.25) is 5.02 Å². The molecule has 3 saturated carbocycles. The number of anilines is 1. The minimum absolute atomic E-state index is 0.133. The third-order valence-electron chi connectivity index (χ3n) is 9.64. The predicted molar refractivity (Wildman–Crippen MR) is 164 cm³/mol. The van der Waals surface area contributed by atoms with Gasteiger partial charge in [0, 0.05) is 29.9 Å². The Kier molecular flexibility index (Phi) is 8.57. The van der Waals surface area contributed by atoms with Crippen LogP contribution in [0, 0.1) is 17.8 Å². The Morgan fingerprint density at radius 3 is 2.36 bits per heavy atom. The van der Waals surface area contributed by atoms with E-state index in [9.17, 15) is 14.7 Å². The van der Waals surface area contributed by atoms with Gasteiger partial charge < -0.3 is 14.7 Å². The fraction of sp³-hybridized carbons (Fsp3) is 0.500. The van der Waals surface area contributed by atoms with Crippen LogP contribution in [0.3, 0.4) is 0 Å². The average Bonchev–Trinajstić information content (AvgIpc) is 3.75. The first kappa shape index (κ1) is 28.8. The van der Waals surface area contributed by atoms with E-state index in [0.29, 0.717) is 60.9 Å². The number of hydrogen-bond acceptors (Lipinski definition) is 4. The van der Waals surface area contributed by atoms with Crippen molar-refractivity contribution in [3.8, 4) is 16.9 Å². The molecule has 6 rings (SSSR count). The molecule has 0 bridgehead atoms. The zero-order chi connectivity index (χ0) is 29.2. The van der Waals surface area contributed by atoms with E-state index >= 15 is 0 Å². The molecule has 0 spiro atoms. The fourth-order valence-electron chi connectivity index (χ4n) is 6.88. The minimum atomic E-state index is -0.743. The number of halogens is 1. The van der Waals surface area contributed by atoms with Crippen molar-refractivity contribution in [2.45, 2.75) is 76.2 Å². The van der Waals surface area contributed by atoms with Gasteiger partial charge >= 0.3 is 5.97 Å². The molecule has 1 N–H and O–H groups in total. The van der Waals surface area contributed by atoms with Gasteiger partial charge in [0.05, 0.1) is 30.3 Å². The van der Waals surface area contributed by atoms with Crippen LogP contribution in [0.5, 0.6) is 5.75 Å². The Labute approximate surface area is 252 Å². The number of carboxylic acid groups (broad SMARTS) is 1. The summed E-state index contributed by atoms with van der Waals surface area (Å²) in [5.74, 6) is 0.459. The van der Waals surface area contributed by atoms with E-state index in [-0.39, 0.29) is 17.7 Å². The third-order valence-corrected chi connectivity index (χ3v) is 9.94. The van der Waals surface area contributed by atoms with Crippen LogP contribution < -0.4 is 9.64 Å². The molecule has 7 nitrogen and oxygen atoms in total. The summed E-state index contributed by atoms with van der Waals surface area (Å²) in [4.78, 5) is 27.7. The maximum Gasteiger partial charge on any atom is 0.306 e. The Bertz CT molecular complexity index is 1420. The van der Waals surface area contributed by atoms with Gasteiger partial charge in [-0.1, -0.05) is 29.8 Å². The number of amides is 1. The highest BCUT2D eigenvalue weighted by atomic mass is 35.5. The van der Waals surface area contributed by atoms with E-state index in [2.05, 4.69) is 34.2 Å². The van der Waals surface area contributed by atoms with Crippen molar-refractivity contribution in [1.29, 1.82) is 0 Å². The SMILES string of the molecule is COc1ccc(C2CCC(CN(C(=O)C3CCC(C(=O)O)CC3)c3cccc(-c4cnn(C5CC5)c4)c3)CC2)cc1Cl. The fourth-order valence-corrected chi connectivity index (χ4v) is 7.15. The first-order chi connectivity index (χ1) is 20.4. The molecule has 0 atom stereocenters. The number of ether oxygens (including phenoxy) is 1. The van der Waals surface area contributed by atoms with Crippen molar-refractivity contribution in [3.63, 3.8) is 0 Å². The lowest BCUT2D eigenvalue weighted by Gasteiger charge is -2.36. The topological polar surface area (TPSA) is 84.7 Å². The Hall–Kier alpha value is -3.32. The minimum Gasteiger partial charge on any atom is -0.495 e. The average molecular weight is 590 g/mol. The molecule has 1 heterocycles. The van der Waals surface area contributed by atoms with E-state index < -0.39 is 5.97 Å². The molecule has 0 aliphatic heterocycles. The normalized spacial score (nSPS) is 24.2. The highest BCUT2D eigenvalue weighted by molar-refractivity contribution is 6.32. The van der Waals surface area contributed by atoms with Crippen molar-refractivity contribution in [2.75, 3.05) is 18.6 Å². The molecule has 1 amide bonds. The van der Waals surface area contributed by atoms with Crippen molar-refractivity contribution in [1.82, 2.24) is 9.78 Å². The van der Waals surface area contributed by atoms with Gasteiger partial charge in [0.15, 0.2) is 0 Å². The van der Waals surface area contributed by atoms with Crippen LogP contribution in [-0.4, -0.2) is 40.4 Å². The predicted octanol–water partition coefficient (Wildman–Crippen LogP) is 7.75. The number of aliphatic carboxylic acids is 1. The quantitative estimate of drug-likeness (QED) is 0.276. The van der Waals surface area contributed by atoms with Crippen LogP contribution in [-0.2, 0) is 9.59 Å². The number of carbonyl (C=O) groups excluding carboxylic acids is 1. The summed E-state index contributed by atoms with van der Waals surface area (Å²) in [6.45, 7) is 0.679. The lowest BCUT2D eigenvalue weighted by molar-refractivity contribution is -0.144. The van der Waals surface area contributed by atoms with Crippen molar-refractivity contribution in [3.05, 3.63) is 65.4 Å². The summed E-state index contributed by atoms with van der Waals surface area (Å²) in [6, 6.07) is 14.9. The van der Waals surface area contributed by atoms with Gasteiger partial charge in [-0.2, -0.15) is 5.10 Å². The number of rotatable bonds is 9. The van der Waals surface area contributed by atoms with Crippen LogP contribution in [0.4, 0.5) is 5.69 Å². The molecule has 3 aliphatic rings. The van der Waals surface area contributed by atoms with Crippen LogP contribution in [0.1, 0.15) is 81.7 Å². The number of carbonyl (C=O) groups is 2. The largest absolute Gasteiger partial charge is 0.495 e. The monoisotopic (exact) mass is 589 g/mol. The standard InChI is InChI=1S/C34H40ClN3O4/c1-42-32-16-13-27(18-31(32)35)23-7-5-22(6-8-23)20-37(33(39)24-9-11-25(12-10-24)34(40)41)30-4-2-3-26(17-30)28-19-36-38(21-28)29-14-15-29/h2-4,13,16-19,21-25,29H,5-12,14-15,20H2,1H3,(H,40,41). The second-order valence-corrected chi connectivity index (χ2v) is 12.8. The Balaban J connectivity index is 1.19. The Morgan fingerprint density at radius 1 is 0.952 bits per heavy atom. The molecule has 0 radical (unpaired) electrons. The van der Waals surface area contributed by atoms with Crippen molar-refractivity contribution >= 4 is 29.2 Å². The Morgan fingerprint density at radius 2 is 1.69 bits per heavy atom. The highest BCUT2D eigenvalue weighted by Crippen LogP contribution is 2.40. The van der Waals surface area contributed by atoms with Gasteiger partial charge in [-0.25, -0.2) is 0 Å². The maximum absolute atomic E-state index is 14.1. The summed E-state index contributed by atoms with van der Waals surface area (Å²) < 4.78 is 7.38. The second-order valence-electron chi connectivity index (χ2n) is 12.4. The van der Waals surface area contributed by atoms with E-state index in [1.807, 2.05) is 35.4 Å². The molecular formula is C34H40ClN3O4. The number of carboxylic acids is 1. The number of nitrogens with zero attached hydrogens (tertiary/aromatic N) is 3. The summed E-state index contributed by atoms with van der Waals surface area (Å²) in [7, 11) is 1.63. The van der Waals surface area contributed by atoms with Gasteiger partial charge in [-0.15, -0.1) is 0 Å². The van der Waals surface area contributed by atoms with Gasteiger partial charge in [-0.3, -0.25) is 14.3 Å². The summed E-state index contributed by atoms with van der Waals surface area (Å²) >= 11 is 6.42. The van der Waals surface area contributed by atoms with E-state index in [1.54, 1.807) is 7.11 Å². The summed E-state index contributed by atoms with van der Waals surface area (Å²) in [5, 5.41) is 14.7. The molecule has 3 aliphatic carbocycles. The number of hydrogen-bond donors (Lipinski definition) is 1. The smallest absolute Gasteiger partial charge is 0.306 e. The van der Waals surface area contributed by atoms with Crippen LogP contribution in [0.25, 0.3) is 11.1 Å². The first-order valence-corrected chi connectivity index (χ1v) is 15.8. The van der Waals surface area contributed by atoms with E-state index in [4.69, 9.17) is 16.3 Å². The second kappa shape index (κ2) is 12.5. The summed E-state index contributed by atoms with van der Waals surface area (Å²) in [5.41, 5.74) is 4.30. The lowest BCUT2D eigenvalue weighted by atomic mass is 9.78. The molecule has 2 aromatic carbocycles. The zero-order valence-electron chi connectivity index (χ0n) is 24.3. The molecule has 0 unspecified atom stereocenters. The van der Waals surface area contributed by atoms with Crippen LogP contribution in [0.15, 0.2) is 54.9 Å².